The van der Waals surface area contributed by atoms with Crippen molar-refractivity contribution in [3.8, 4) is 0 Å². The van der Waals surface area contributed by atoms with Crippen molar-refractivity contribution >= 4 is 0 Å². The van der Waals surface area contributed by atoms with Gasteiger partial charge in [-0.3, -0.25) is 4.90 Å². The SMILES string of the molecule is Cc1c(F)ccc(C2CCN(Cc3ccccc3)C2)c1C. The lowest BCUT2D eigenvalue weighted by Crippen LogP contribution is -2.19. The summed E-state index contributed by atoms with van der Waals surface area (Å²) in [6.07, 6.45) is 1.17. The number of hydrogen-bond acceptors (Lipinski definition) is 1. The minimum atomic E-state index is -0.0876. The van der Waals surface area contributed by atoms with Gasteiger partial charge >= 0.3 is 0 Å². The topological polar surface area (TPSA) is 3.24 Å². The normalized spacial score (nSPS) is 19.1. The maximum Gasteiger partial charge on any atom is 0.126 e. The van der Waals surface area contributed by atoms with Crippen molar-refractivity contribution in [1.29, 1.82) is 0 Å². The Morgan fingerprint density at radius 3 is 2.57 bits per heavy atom. The summed E-state index contributed by atoms with van der Waals surface area (Å²) in [4.78, 5) is 2.50. The summed E-state index contributed by atoms with van der Waals surface area (Å²) in [5.74, 6) is 0.448. The molecule has 1 aliphatic heterocycles. The first-order chi connectivity index (χ1) is 10.1. The fraction of sp³-hybridized carbons (Fsp3) is 0.368. The van der Waals surface area contributed by atoms with Crippen molar-refractivity contribution in [2.75, 3.05) is 13.1 Å². The quantitative estimate of drug-likeness (QED) is 0.805. The molecule has 3 rings (SSSR count). The summed E-state index contributed by atoms with van der Waals surface area (Å²) in [6, 6.07) is 14.2. The molecule has 0 radical (unpaired) electrons. The Labute approximate surface area is 126 Å². The van der Waals surface area contributed by atoms with E-state index in [1.165, 1.54) is 17.5 Å². The first-order valence-electron chi connectivity index (χ1n) is 7.67. The molecule has 1 aliphatic rings. The lowest BCUT2D eigenvalue weighted by molar-refractivity contribution is 0.327. The third-order valence-electron chi connectivity index (χ3n) is 4.72. The molecule has 1 fully saturated rings. The van der Waals surface area contributed by atoms with Gasteiger partial charge in [-0.1, -0.05) is 36.4 Å². The van der Waals surface area contributed by atoms with Gasteiger partial charge < -0.3 is 0 Å². The number of likely N-dealkylation sites (tertiary alicyclic amines) is 1. The standard InChI is InChI=1S/C19H22FN/c1-14-15(2)19(20)9-8-18(14)17-10-11-21(13-17)12-16-6-4-3-5-7-16/h3-9,17H,10-13H2,1-2H3. The Balaban J connectivity index is 1.71. The van der Waals surface area contributed by atoms with E-state index in [0.29, 0.717) is 5.92 Å². The minimum absolute atomic E-state index is 0.0876. The second-order valence-electron chi connectivity index (χ2n) is 6.09. The average Bonchev–Trinajstić information content (AvgIpc) is 2.94. The number of rotatable bonds is 3. The first-order valence-corrected chi connectivity index (χ1v) is 7.67. The molecule has 110 valence electrons. The van der Waals surface area contributed by atoms with Crippen molar-refractivity contribution in [2.24, 2.45) is 0 Å². The third kappa shape index (κ3) is 3.01. The van der Waals surface area contributed by atoms with E-state index in [4.69, 9.17) is 0 Å². The molecule has 21 heavy (non-hydrogen) atoms. The van der Waals surface area contributed by atoms with Crippen molar-refractivity contribution < 1.29 is 4.39 Å². The predicted molar refractivity (Wildman–Crippen MR) is 85.0 cm³/mol. The molecule has 2 heteroatoms. The fourth-order valence-corrected chi connectivity index (χ4v) is 3.32. The van der Waals surface area contributed by atoms with Crippen LogP contribution in [0.2, 0.25) is 0 Å². The second kappa shape index (κ2) is 5.98. The highest BCUT2D eigenvalue weighted by Crippen LogP contribution is 2.32. The van der Waals surface area contributed by atoms with Crippen LogP contribution in [0.25, 0.3) is 0 Å². The summed E-state index contributed by atoms with van der Waals surface area (Å²) in [5.41, 5.74) is 4.62. The Hall–Kier alpha value is -1.67. The van der Waals surface area contributed by atoms with E-state index < -0.39 is 0 Å². The van der Waals surface area contributed by atoms with E-state index in [1.807, 2.05) is 19.9 Å². The molecule has 0 bridgehead atoms. The van der Waals surface area contributed by atoms with Crippen LogP contribution in [0.3, 0.4) is 0 Å². The van der Waals surface area contributed by atoms with E-state index in [9.17, 15) is 4.39 Å². The molecule has 0 aliphatic carbocycles. The molecular formula is C19H22FN. The van der Waals surface area contributed by atoms with Crippen molar-refractivity contribution in [3.05, 3.63) is 70.5 Å². The van der Waals surface area contributed by atoms with Crippen LogP contribution in [0.4, 0.5) is 4.39 Å². The molecule has 2 aromatic rings. The van der Waals surface area contributed by atoms with Crippen LogP contribution in [0.1, 0.15) is 34.6 Å². The van der Waals surface area contributed by atoms with E-state index in [-0.39, 0.29) is 5.82 Å². The zero-order valence-corrected chi connectivity index (χ0v) is 12.8. The molecule has 0 aromatic heterocycles. The van der Waals surface area contributed by atoms with Crippen molar-refractivity contribution in [2.45, 2.75) is 32.7 Å². The molecule has 1 heterocycles. The van der Waals surface area contributed by atoms with Crippen molar-refractivity contribution in [3.63, 3.8) is 0 Å². The van der Waals surface area contributed by atoms with Crippen LogP contribution in [0, 0.1) is 19.7 Å². The average molecular weight is 283 g/mol. The molecule has 0 amide bonds. The Morgan fingerprint density at radius 2 is 1.81 bits per heavy atom. The summed E-state index contributed by atoms with van der Waals surface area (Å²) >= 11 is 0. The first kappa shape index (κ1) is 14.3. The molecule has 1 atom stereocenters. The Kier molecular flexibility index (Phi) is 4.07. The van der Waals surface area contributed by atoms with Gasteiger partial charge in [0.1, 0.15) is 5.82 Å². The van der Waals surface area contributed by atoms with E-state index in [0.717, 1.165) is 30.8 Å². The van der Waals surface area contributed by atoms with Crippen LogP contribution in [-0.4, -0.2) is 18.0 Å². The molecule has 1 saturated heterocycles. The molecule has 0 spiro atoms. The summed E-state index contributed by atoms with van der Waals surface area (Å²) in [5, 5.41) is 0. The number of benzene rings is 2. The van der Waals surface area contributed by atoms with Gasteiger partial charge in [-0.15, -0.1) is 0 Å². The van der Waals surface area contributed by atoms with Crippen LogP contribution >= 0.6 is 0 Å². The highest BCUT2D eigenvalue weighted by Gasteiger charge is 2.25. The van der Waals surface area contributed by atoms with Gasteiger partial charge in [-0.2, -0.15) is 0 Å². The van der Waals surface area contributed by atoms with Gasteiger partial charge in [0.25, 0.3) is 0 Å². The fourth-order valence-electron chi connectivity index (χ4n) is 3.32. The highest BCUT2D eigenvalue weighted by atomic mass is 19.1. The van der Waals surface area contributed by atoms with Crippen LogP contribution in [0.5, 0.6) is 0 Å². The minimum Gasteiger partial charge on any atom is -0.298 e. The van der Waals surface area contributed by atoms with Crippen LogP contribution in [-0.2, 0) is 6.54 Å². The third-order valence-corrected chi connectivity index (χ3v) is 4.72. The van der Waals surface area contributed by atoms with E-state index in [1.54, 1.807) is 6.07 Å². The smallest absolute Gasteiger partial charge is 0.126 e. The Bertz CT molecular complexity index is 621. The predicted octanol–water partition coefficient (Wildman–Crippen LogP) is 4.43. The molecule has 1 unspecified atom stereocenters. The van der Waals surface area contributed by atoms with Gasteiger partial charge in [0.05, 0.1) is 0 Å². The van der Waals surface area contributed by atoms with E-state index in [2.05, 4.69) is 35.2 Å². The monoisotopic (exact) mass is 283 g/mol. The van der Waals surface area contributed by atoms with Gasteiger partial charge in [-0.05, 0) is 61.1 Å². The number of nitrogens with zero attached hydrogens (tertiary/aromatic N) is 1. The number of halogens is 1. The summed E-state index contributed by atoms with van der Waals surface area (Å²) in [6.45, 7) is 7.13. The lowest BCUT2D eigenvalue weighted by Gasteiger charge is -2.18. The zero-order chi connectivity index (χ0) is 14.8. The van der Waals surface area contributed by atoms with Gasteiger partial charge in [0.15, 0.2) is 0 Å². The van der Waals surface area contributed by atoms with Crippen LogP contribution in [0.15, 0.2) is 42.5 Å². The van der Waals surface area contributed by atoms with Crippen molar-refractivity contribution in [1.82, 2.24) is 4.90 Å². The second-order valence-corrected chi connectivity index (χ2v) is 6.09. The maximum absolute atomic E-state index is 13.6. The summed E-state index contributed by atoms with van der Waals surface area (Å²) in [7, 11) is 0. The molecule has 0 saturated carbocycles. The van der Waals surface area contributed by atoms with E-state index >= 15 is 0 Å². The molecule has 2 aromatic carbocycles. The largest absolute Gasteiger partial charge is 0.298 e. The van der Waals surface area contributed by atoms with Gasteiger partial charge in [-0.25, -0.2) is 4.39 Å². The zero-order valence-electron chi connectivity index (χ0n) is 12.8. The van der Waals surface area contributed by atoms with Gasteiger partial charge in [0, 0.05) is 13.1 Å². The van der Waals surface area contributed by atoms with Gasteiger partial charge in [0.2, 0.25) is 0 Å². The molecular weight excluding hydrogens is 261 g/mol. The van der Waals surface area contributed by atoms with Crippen LogP contribution < -0.4 is 0 Å². The molecule has 0 N–H and O–H groups in total. The Morgan fingerprint density at radius 1 is 1.05 bits per heavy atom. The summed E-state index contributed by atoms with van der Waals surface area (Å²) < 4.78 is 13.6. The highest BCUT2D eigenvalue weighted by molar-refractivity contribution is 5.37. The number of hydrogen-bond donors (Lipinski definition) is 0. The maximum atomic E-state index is 13.6. The lowest BCUT2D eigenvalue weighted by atomic mass is 9.91. The molecule has 1 nitrogen and oxygen atoms in total.